The first kappa shape index (κ1) is 105. The smallest absolute Gasteiger partial charge is 0.151 e. The van der Waals surface area contributed by atoms with Crippen molar-refractivity contribution >= 4 is 168 Å². The zero-order valence-corrected chi connectivity index (χ0v) is 82.7. The summed E-state index contributed by atoms with van der Waals surface area (Å²) in [5.41, 5.74) is 10.5. The summed E-state index contributed by atoms with van der Waals surface area (Å²) in [7, 11) is 0. The molecule has 8 N–H and O–H groups in total. The second kappa shape index (κ2) is 40.9. The predicted octanol–water partition coefficient (Wildman–Crippen LogP) is 26.3. The molecule has 0 aliphatic carbocycles. The maximum absolute atomic E-state index is 14.1. The lowest BCUT2D eigenvalue weighted by Crippen LogP contribution is -2.47. The molecule has 1 saturated heterocycles. The number of benzene rings is 8. The molecule has 0 saturated carbocycles. The number of hydrogen-bond donors (Lipinski definition) is 8. The number of hydrogen-bond acceptors (Lipinski definition) is 17. The van der Waals surface area contributed by atoms with Crippen LogP contribution in [0.2, 0.25) is 35.2 Å². The molecule has 694 valence electrons. The van der Waals surface area contributed by atoms with Crippen LogP contribution in [0.3, 0.4) is 0 Å². The Morgan fingerprint density at radius 1 is 0.288 bits per heavy atom. The molecule has 8 aromatic carbocycles. The van der Waals surface area contributed by atoms with Crippen LogP contribution in [0.1, 0.15) is 186 Å². The van der Waals surface area contributed by atoms with Gasteiger partial charge in [-0.3, -0.25) is 39.9 Å². The fraction of sp³-hybridized carbons (Fsp3) is 0.308. The number of para-hydroxylation sites is 1. The number of aromatic nitrogens is 8. The van der Waals surface area contributed by atoms with E-state index < -0.39 is 62.3 Å². The Balaban J connectivity index is 0.000000157. The number of rotatable bonds is 8. The van der Waals surface area contributed by atoms with E-state index in [0.29, 0.717) is 105 Å². The maximum atomic E-state index is 14.1. The molecule has 8 aromatic heterocycles. The van der Waals surface area contributed by atoms with E-state index in [1.54, 1.807) is 182 Å². The number of nitrogens with zero attached hydrogens (tertiary/aromatic N) is 8. The van der Waals surface area contributed by atoms with E-state index in [-0.39, 0.29) is 20.9 Å². The van der Waals surface area contributed by atoms with Crippen molar-refractivity contribution in [3.05, 3.63) is 324 Å². The molecule has 16 aromatic rings. The second-order valence-corrected chi connectivity index (χ2v) is 39.4. The van der Waals surface area contributed by atoms with E-state index in [1.165, 1.54) is 30.3 Å². The topological polar surface area (TPSA) is 274 Å². The highest BCUT2D eigenvalue weighted by Crippen LogP contribution is 2.44. The third-order valence-electron chi connectivity index (χ3n) is 21.8. The fourth-order valence-electron chi connectivity index (χ4n) is 17.0. The summed E-state index contributed by atoms with van der Waals surface area (Å²) in [4.78, 5) is 34.0. The molecule has 0 radical (unpaired) electrons. The molecule has 28 heteroatoms. The quantitative estimate of drug-likeness (QED) is 0.0657. The van der Waals surface area contributed by atoms with Crippen molar-refractivity contribution in [1.82, 2.24) is 39.9 Å². The third kappa shape index (κ3) is 24.0. The van der Waals surface area contributed by atoms with E-state index in [1.807, 2.05) is 117 Å². The SMILES string of the molecule is Cc1cnc2cc(Cl)cc(Cl)c2c1C(C)(C)O.Cc1cnc2cc(F)cc(Cl)c2c1C(C)(C)O.Cc1cnc2ccc(Cl)c(F)c2c1C(C)(C)O.Cc1cnc2ccc(Cl)cc2c1C(C)(C)O.Cc1cnc2ccc(Cl)cc2c1C1(O)COC1.Cc1cnc2ccc(F)c(Cl)c2c1C(C)(C)O.Cc1cnc2cccc(F)c2c1C(C)(C)O.Cc1cnc2ccccc2c1C(C)(C)O. The highest BCUT2D eigenvalue weighted by atomic mass is 35.5. The molecule has 0 bridgehead atoms. The Morgan fingerprint density at radius 3 is 1.08 bits per heavy atom. The van der Waals surface area contributed by atoms with Gasteiger partial charge in [0, 0.05) is 119 Å². The first-order chi connectivity index (χ1) is 61.1. The number of pyridine rings is 8. The predicted molar refractivity (Wildman–Crippen MR) is 528 cm³/mol. The van der Waals surface area contributed by atoms with E-state index >= 15 is 0 Å². The minimum Gasteiger partial charge on any atom is -0.386 e. The van der Waals surface area contributed by atoms with Crippen LogP contribution in [0, 0.1) is 78.7 Å². The van der Waals surface area contributed by atoms with E-state index in [9.17, 15) is 58.4 Å². The highest BCUT2D eigenvalue weighted by molar-refractivity contribution is 6.39. The Bertz CT molecular complexity index is 6810. The normalized spacial score (nSPS) is 12.9. The van der Waals surface area contributed by atoms with Crippen LogP contribution in [0.25, 0.3) is 87.2 Å². The first-order valence-electron chi connectivity index (χ1n) is 42.0. The van der Waals surface area contributed by atoms with Gasteiger partial charge in [-0.25, -0.2) is 17.6 Å². The van der Waals surface area contributed by atoms with Gasteiger partial charge < -0.3 is 45.6 Å². The average molecular weight is 1940 g/mol. The van der Waals surface area contributed by atoms with Crippen molar-refractivity contribution in [3.63, 3.8) is 0 Å². The lowest BCUT2D eigenvalue weighted by Gasteiger charge is -2.38. The number of ether oxygens (including phenoxy) is 1. The molecular formula is C104H107Cl7F4N8O9. The molecule has 1 aliphatic rings. The van der Waals surface area contributed by atoms with Crippen LogP contribution >= 0.6 is 81.2 Å². The van der Waals surface area contributed by atoms with Crippen molar-refractivity contribution in [3.8, 4) is 0 Å². The Kier molecular flexibility index (Phi) is 32.4. The zero-order valence-electron chi connectivity index (χ0n) is 77.4. The molecule has 0 atom stereocenters. The molecular weight excluding hydrogens is 1830 g/mol. The molecule has 17 rings (SSSR count). The zero-order chi connectivity index (χ0) is 98.1. The number of aryl methyl sites for hydroxylation is 8. The van der Waals surface area contributed by atoms with Gasteiger partial charge in [0.1, 0.15) is 23.1 Å². The van der Waals surface area contributed by atoms with Gasteiger partial charge in [0.25, 0.3) is 0 Å². The van der Waals surface area contributed by atoms with Crippen LogP contribution in [0.15, 0.2) is 177 Å². The number of aliphatic hydroxyl groups is 8. The molecule has 0 spiro atoms. The van der Waals surface area contributed by atoms with Crippen LogP contribution in [0.5, 0.6) is 0 Å². The Morgan fingerprint density at radius 2 is 0.621 bits per heavy atom. The minimum atomic E-state index is -1.14. The van der Waals surface area contributed by atoms with Crippen LogP contribution in [0.4, 0.5) is 17.6 Å². The van der Waals surface area contributed by atoms with E-state index in [2.05, 4.69) is 39.9 Å². The molecule has 0 unspecified atom stereocenters. The van der Waals surface area contributed by atoms with Gasteiger partial charge in [0.05, 0.1) is 117 Å². The lowest BCUT2D eigenvalue weighted by atomic mass is 9.86. The largest absolute Gasteiger partial charge is 0.386 e. The molecule has 132 heavy (non-hydrogen) atoms. The summed E-state index contributed by atoms with van der Waals surface area (Å²) in [6.07, 6.45) is 13.7. The fourth-order valence-corrected chi connectivity index (χ4v) is 18.6. The van der Waals surface area contributed by atoms with Gasteiger partial charge in [-0.05, 0) is 333 Å². The van der Waals surface area contributed by atoms with Crippen LogP contribution in [-0.4, -0.2) is 93.9 Å². The summed E-state index contributed by atoms with van der Waals surface area (Å²) < 4.78 is 59.8. The van der Waals surface area contributed by atoms with Crippen molar-refractivity contribution in [2.75, 3.05) is 13.2 Å². The van der Waals surface area contributed by atoms with Gasteiger partial charge in [-0.15, -0.1) is 0 Å². The van der Waals surface area contributed by atoms with Crippen molar-refractivity contribution < 1.29 is 63.2 Å². The molecule has 1 aliphatic heterocycles. The first-order valence-corrected chi connectivity index (χ1v) is 44.6. The van der Waals surface area contributed by atoms with Gasteiger partial charge in [0.15, 0.2) is 5.82 Å². The maximum Gasteiger partial charge on any atom is 0.151 e. The lowest BCUT2D eigenvalue weighted by molar-refractivity contribution is -0.184. The summed E-state index contributed by atoms with van der Waals surface area (Å²) >= 11 is 42.0. The summed E-state index contributed by atoms with van der Waals surface area (Å²) in [5.74, 6) is -1.80. The Hall–Kier alpha value is -9.57. The summed E-state index contributed by atoms with van der Waals surface area (Å²) in [6.45, 7) is 39.6. The standard InChI is InChI=1S/C13H13Cl2NO.3C13H13ClFNO.C13H12ClNO2.C13H14ClNO.C13H14FNO.C13H15NO/c1-7-6-16-10-5-8(14)4-9(15)11(10)12(7)13(2,3)17;1-7-6-16-10-5-8(15)4-9(14)11(10)12(7)13(2,3)17;1-7-6-16-9-5-4-8(15)12(14)10(9)11(7)13(2,3)17;1-7-6-16-9-5-4-8(14)12(15)10(9)11(7)13(2,3)17;1-8-5-15-11-3-2-9(14)4-10(11)12(8)13(16)6-17-7-13;1-8-7-15-11-5-4-9(14)6-10(11)12(8)13(2,3)16;1-8-7-15-10-6-4-5-9(14)11(10)12(8)13(2,3)16;1-9-8-14-11-7-5-4-6-10(11)12(9)13(2,3)15/h4*4-6,17H,1-3H3;2-5,16H,6-7H2,1H3;2*4-7,16H,1-3H3;4-8,15H,1-3H3. The molecule has 0 amide bonds. The molecule has 1 fully saturated rings. The van der Waals surface area contributed by atoms with Crippen LogP contribution in [-0.2, 0) is 49.5 Å². The highest BCUT2D eigenvalue weighted by Gasteiger charge is 2.41. The monoisotopic (exact) mass is 1930 g/mol. The van der Waals surface area contributed by atoms with E-state index in [4.69, 9.17) is 85.9 Å². The van der Waals surface area contributed by atoms with Gasteiger partial charge in [-0.1, -0.05) is 105 Å². The van der Waals surface area contributed by atoms with E-state index in [0.717, 1.165) is 105 Å². The van der Waals surface area contributed by atoms with Gasteiger partial charge >= 0.3 is 0 Å². The van der Waals surface area contributed by atoms with Gasteiger partial charge in [-0.2, -0.15) is 0 Å². The Labute approximate surface area is 800 Å². The molecule has 9 heterocycles. The van der Waals surface area contributed by atoms with Crippen LogP contribution < -0.4 is 0 Å². The summed E-state index contributed by atoms with van der Waals surface area (Å²) in [6, 6.07) is 35.6. The number of halogens is 11. The minimum absolute atomic E-state index is 0.0100. The molecule has 17 nitrogen and oxygen atoms in total. The number of fused-ring (bicyclic) bond motifs is 8. The van der Waals surface area contributed by atoms with Crippen molar-refractivity contribution in [2.45, 2.75) is 197 Å². The second-order valence-electron chi connectivity index (χ2n) is 36.5. The summed E-state index contributed by atoms with van der Waals surface area (Å²) in [5, 5.41) is 89.7. The van der Waals surface area contributed by atoms with Crippen molar-refractivity contribution in [1.29, 1.82) is 0 Å². The third-order valence-corrected chi connectivity index (χ3v) is 23.8. The van der Waals surface area contributed by atoms with Gasteiger partial charge in [0.2, 0.25) is 0 Å². The van der Waals surface area contributed by atoms with Crippen molar-refractivity contribution in [2.24, 2.45) is 0 Å². The average Bonchev–Trinajstić information content (AvgIpc) is 0.749.